The van der Waals surface area contributed by atoms with Crippen LogP contribution in [0, 0.1) is 0 Å². The molecular formula is C24H28N4O3. The van der Waals surface area contributed by atoms with Gasteiger partial charge in [-0.1, -0.05) is 18.2 Å². The molecule has 2 N–H and O–H groups in total. The zero-order chi connectivity index (χ0) is 22.0. The molecule has 1 saturated heterocycles. The van der Waals surface area contributed by atoms with Gasteiger partial charge in [-0.2, -0.15) is 0 Å². The molecule has 0 saturated carbocycles. The number of nitrogens with zero attached hydrogens (tertiary/aromatic N) is 2. The number of benzene rings is 2. The predicted octanol–water partition coefficient (Wildman–Crippen LogP) is 4.93. The molecule has 4 rings (SSSR count). The van der Waals surface area contributed by atoms with E-state index in [1.54, 1.807) is 45.0 Å². The monoisotopic (exact) mass is 420 g/mol. The number of carbonyl (C=O) groups is 2. The van der Waals surface area contributed by atoms with Crippen LogP contribution in [-0.2, 0) is 4.74 Å². The van der Waals surface area contributed by atoms with Gasteiger partial charge in [-0.3, -0.25) is 10.1 Å². The van der Waals surface area contributed by atoms with Crippen molar-refractivity contribution in [3.8, 4) is 0 Å². The van der Waals surface area contributed by atoms with Crippen LogP contribution in [0.3, 0.4) is 0 Å². The number of aromatic nitrogens is 2. The Morgan fingerprint density at radius 2 is 1.97 bits per heavy atom. The molecule has 0 aliphatic carbocycles. The minimum Gasteiger partial charge on any atom is -0.444 e. The number of para-hydroxylation sites is 2. The summed E-state index contributed by atoms with van der Waals surface area (Å²) in [5.74, 6) is 1.06. The second kappa shape index (κ2) is 8.41. The molecule has 0 bridgehead atoms. The maximum atomic E-state index is 13.2. The normalized spacial score (nSPS) is 16.9. The van der Waals surface area contributed by atoms with E-state index in [9.17, 15) is 9.59 Å². The third-order valence-corrected chi connectivity index (χ3v) is 5.26. The van der Waals surface area contributed by atoms with Crippen molar-refractivity contribution in [1.29, 1.82) is 0 Å². The first-order valence-corrected chi connectivity index (χ1v) is 10.6. The number of piperidine rings is 1. The van der Waals surface area contributed by atoms with Gasteiger partial charge in [0.05, 0.1) is 11.0 Å². The van der Waals surface area contributed by atoms with E-state index in [0.717, 1.165) is 29.7 Å². The minimum atomic E-state index is -0.586. The highest BCUT2D eigenvalue weighted by Crippen LogP contribution is 2.28. The molecule has 1 aromatic heterocycles. The molecule has 1 fully saturated rings. The highest BCUT2D eigenvalue weighted by molar-refractivity contribution is 5.96. The Morgan fingerprint density at radius 1 is 1.16 bits per heavy atom. The number of rotatable bonds is 3. The smallest absolute Gasteiger partial charge is 0.412 e. The molecule has 7 heteroatoms. The first kappa shape index (κ1) is 20.9. The van der Waals surface area contributed by atoms with Gasteiger partial charge in [0.1, 0.15) is 11.4 Å². The standard InChI is InChI=1S/C24H28N4O3/c1-24(2,3)31-23(30)25-18-10-6-8-16(14-18)22(29)28-13-7-9-17(15-28)21-26-19-11-4-5-12-20(19)27-21/h4-6,8,10-12,14,17H,7,9,13,15H2,1-3H3,(H,25,30)(H,26,27)/t17-/m1/s1. The van der Waals surface area contributed by atoms with E-state index in [-0.39, 0.29) is 11.8 Å². The van der Waals surface area contributed by atoms with E-state index >= 15 is 0 Å². The van der Waals surface area contributed by atoms with E-state index in [4.69, 9.17) is 9.72 Å². The second-order valence-corrected chi connectivity index (χ2v) is 8.94. The zero-order valence-corrected chi connectivity index (χ0v) is 18.1. The van der Waals surface area contributed by atoms with Crippen LogP contribution in [0.25, 0.3) is 11.0 Å². The number of imidazole rings is 1. The van der Waals surface area contributed by atoms with Gasteiger partial charge in [-0.05, 0) is 63.9 Å². The Balaban J connectivity index is 1.45. The lowest BCUT2D eigenvalue weighted by molar-refractivity contribution is 0.0634. The van der Waals surface area contributed by atoms with E-state index < -0.39 is 11.7 Å². The van der Waals surface area contributed by atoms with Gasteiger partial charge in [0, 0.05) is 30.3 Å². The summed E-state index contributed by atoms with van der Waals surface area (Å²) in [6.07, 6.45) is 1.37. The number of amides is 2. The van der Waals surface area contributed by atoms with E-state index in [0.29, 0.717) is 24.3 Å². The average Bonchev–Trinajstić information content (AvgIpc) is 3.16. The summed E-state index contributed by atoms with van der Waals surface area (Å²) in [6.45, 7) is 6.74. The molecule has 31 heavy (non-hydrogen) atoms. The summed E-state index contributed by atoms with van der Waals surface area (Å²) in [7, 11) is 0. The summed E-state index contributed by atoms with van der Waals surface area (Å²) >= 11 is 0. The molecule has 0 radical (unpaired) electrons. The molecule has 2 aromatic carbocycles. The molecule has 2 heterocycles. The van der Waals surface area contributed by atoms with E-state index in [1.807, 2.05) is 29.2 Å². The molecule has 0 unspecified atom stereocenters. The largest absolute Gasteiger partial charge is 0.444 e. The molecule has 7 nitrogen and oxygen atoms in total. The fourth-order valence-corrected chi connectivity index (χ4v) is 3.88. The molecule has 0 spiro atoms. The molecule has 1 aliphatic heterocycles. The first-order chi connectivity index (χ1) is 14.8. The Bertz CT molecular complexity index is 1070. The summed E-state index contributed by atoms with van der Waals surface area (Å²) in [4.78, 5) is 35.2. The number of hydrogen-bond donors (Lipinski definition) is 2. The maximum Gasteiger partial charge on any atom is 0.412 e. The first-order valence-electron chi connectivity index (χ1n) is 10.6. The summed E-state index contributed by atoms with van der Waals surface area (Å²) in [6, 6.07) is 14.9. The van der Waals surface area contributed by atoms with Crippen LogP contribution in [0.5, 0.6) is 0 Å². The van der Waals surface area contributed by atoms with Crippen molar-refractivity contribution in [2.24, 2.45) is 0 Å². The Labute approximate surface area is 181 Å². The van der Waals surface area contributed by atoms with Crippen molar-refractivity contribution in [2.45, 2.75) is 45.1 Å². The number of anilines is 1. The third kappa shape index (κ3) is 5.05. The van der Waals surface area contributed by atoms with Gasteiger partial charge in [0.2, 0.25) is 0 Å². The van der Waals surface area contributed by atoms with Crippen LogP contribution in [-0.4, -0.2) is 45.6 Å². The van der Waals surface area contributed by atoms with Crippen LogP contribution in [0.15, 0.2) is 48.5 Å². The fraction of sp³-hybridized carbons (Fsp3) is 0.375. The Kier molecular flexibility index (Phi) is 5.67. The maximum absolute atomic E-state index is 13.2. The highest BCUT2D eigenvalue weighted by Gasteiger charge is 2.27. The number of H-pyrrole nitrogens is 1. The lowest BCUT2D eigenvalue weighted by Gasteiger charge is -2.32. The number of ether oxygens (including phenoxy) is 1. The zero-order valence-electron chi connectivity index (χ0n) is 18.1. The quantitative estimate of drug-likeness (QED) is 0.629. The number of carbonyl (C=O) groups excluding carboxylic acids is 2. The summed E-state index contributed by atoms with van der Waals surface area (Å²) < 4.78 is 5.29. The van der Waals surface area contributed by atoms with Crippen molar-refractivity contribution < 1.29 is 14.3 Å². The topological polar surface area (TPSA) is 87.3 Å². The predicted molar refractivity (Wildman–Crippen MR) is 120 cm³/mol. The van der Waals surface area contributed by atoms with Gasteiger partial charge in [0.15, 0.2) is 0 Å². The average molecular weight is 421 g/mol. The van der Waals surface area contributed by atoms with E-state index in [2.05, 4.69) is 10.3 Å². The van der Waals surface area contributed by atoms with Crippen molar-refractivity contribution in [3.05, 3.63) is 59.9 Å². The summed E-state index contributed by atoms with van der Waals surface area (Å²) in [5.41, 5.74) is 2.45. The molecule has 3 aromatic rings. The highest BCUT2D eigenvalue weighted by atomic mass is 16.6. The molecule has 1 atom stereocenters. The van der Waals surface area contributed by atoms with Crippen molar-refractivity contribution in [3.63, 3.8) is 0 Å². The van der Waals surface area contributed by atoms with Crippen LogP contribution in [0.4, 0.5) is 10.5 Å². The van der Waals surface area contributed by atoms with Gasteiger partial charge in [0.25, 0.3) is 5.91 Å². The number of nitrogens with one attached hydrogen (secondary N) is 2. The minimum absolute atomic E-state index is 0.0475. The Morgan fingerprint density at radius 3 is 2.74 bits per heavy atom. The number of hydrogen-bond acceptors (Lipinski definition) is 4. The molecule has 2 amide bonds. The number of aromatic amines is 1. The molecule has 1 aliphatic rings. The Hall–Kier alpha value is -3.35. The van der Waals surface area contributed by atoms with Crippen LogP contribution in [0.2, 0.25) is 0 Å². The van der Waals surface area contributed by atoms with Gasteiger partial charge in [-0.25, -0.2) is 9.78 Å². The lowest BCUT2D eigenvalue weighted by atomic mass is 9.96. The van der Waals surface area contributed by atoms with Crippen molar-refractivity contribution >= 4 is 28.7 Å². The van der Waals surface area contributed by atoms with E-state index in [1.165, 1.54) is 0 Å². The third-order valence-electron chi connectivity index (χ3n) is 5.26. The van der Waals surface area contributed by atoms with Crippen molar-refractivity contribution in [1.82, 2.24) is 14.9 Å². The fourth-order valence-electron chi connectivity index (χ4n) is 3.88. The molecular weight excluding hydrogens is 392 g/mol. The lowest BCUT2D eigenvalue weighted by Crippen LogP contribution is -2.39. The van der Waals surface area contributed by atoms with Gasteiger partial charge < -0.3 is 14.6 Å². The number of likely N-dealkylation sites (tertiary alicyclic amines) is 1. The summed E-state index contributed by atoms with van der Waals surface area (Å²) in [5, 5.41) is 2.70. The van der Waals surface area contributed by atoms with Crippen LogP contribution < -0.4 is 5.32 Å². The number of fused-ring (bicyclic) bond motifs is 1. The second-order valence-electron chi connectivity index (χ2n) is 8.94. The molecule has 162 valence electrons. The van der Waals surface area contributed by atoms with Crippen LogP contribution >= 0.6 is 0 Å². The van der Waals surface area contributed by atoms with Crippen LogP contribution in [0.1, 0.15) is 55.7 Å². The SMILES string of the molecule is CC(C)(C)OC(=O)Nc1cccc(C(=O)N2CCC[C@@H](c3nc4ccccc4[nH]3)C2)c1. The van der Waals surface area contributed by atoms with Gasteiger partial charge in [-0.15, -0.1) is 0 Å². The van der Waals surface area contributed by atoms with Crippen molar-refractivity contribution in [2.75, 3.05) is 18.4 Å². The van der Waals surface area contributed by atoms with Gasteiger partial charge >= 0.3 is 6.09 Å².